The monoisotopic (exact) mass is 339 g/mol. The molecule has 3 rings (SSSR count). The number of furan rings is 1. The zero-order valence-corrected chi connectivity index (χ0v) is 14.3. The number of piperidine rings is 1. The molecule has 126 valence electrons. The first-order valence-electron chi connectivity index (χ1n) is 7.81. The highest BCUT2D eigenvalue weighted by Crippen LogP contribution is 2.29. The van der Waals surface area contributed by atoms with Gasteiger partial charge < -0.3 is 8.83 Å². The van der Waals surface area contributed by atoms with Crippen LogP contribution in [0, 0.1) is 5.92 Å². The fourth-order valence-electron chi connectivity index (χ4n) is 2.63. The van der Waals surface area contributed by atoms with Gasteiger partial charge in [-0.3, -0.25) is 0 Å². The molecule has 8 heteroatoms. The van der Waals surface area contributed by atoms with E-state index in [1.165, 1.54) is 10.4 Å². The number of sulfonamides is 1. The maximum atomic E-state index is 12.7. The lowest BCUT2D eigenvalue weighted by Gasteiger charge is -2.29. The number of hydrogen-bond donors (Lipinski definition) is 0. The summed E-state index contributed by atoms with van der Waals surface area (Å²) in [5.41, 5.74) is 0. The van der Waals surface area contributed by atoms with E-state index in [1.807, 2.05) is 13.8 Å². The lowest BCUT2D eigenvalue weighted by molar-refractivity contribution is 0.275. The predicted octanol–water partition coefficient (Wildman–Crippen LogP) is 2.87. The normalized spacial score (nSPS) is 20.3. The van der Waals surface area contributed by atoms with Gasteiger partial charge in [-0.1, -0.05) is 20.8 Å². The van der Waals surface area contributed by atoms with Gasteiger partial charge >= 0.3 is 0 Å². The number of rotatable bonds is 4. The Kier molecular flexibility index (Phi) is 4.29. The molecule has 7 nitrogen and oxygen atoms in total. The molecule has 0 saturated carbocycles. The molecular weight excluding hydrogens is 318 g/mol. The van der Waals surface area contributed by atoms with E-state index in [2.05, 4.69) is 17.1 Å². The summed E-state index contributed by atoms with van der Waals surface area (Å²) < 4.78 is 37.8. The van der Waals surface area contributed by atoms with Gasteiger partial charge in [0.15, 0.2) is 5.76 Å². The van der Waals surface area contributed by atoms with Crippen LogP contribution < -0.4 is 0 Å². The summed E-state index contributed by atoms with van der Waals surface area (Å²) in [6.45, 7) is 6.98. The van der Waals surface area contributed by atoms with Gasteiger partial charge in [0.25, 0.3) is 15.9 Å². The Morgan fingerprint density at radius 1 is 1.26 bits per heavy atom. The van der Waals surface area contributed by atoms with Crippen molar-refractivity contribution in [3.05, 3.63) is 18.0 Å². The highest BCUT2D eigenvalue weighted by atomic mass is 32.2. The first kappa shape index (κ1) is 16.2. The lowest BCUT2D eigenvalue weighted by Crippen LogP contribution is -2.38. The average Bonchev–Trinajstić information content (AvgIpc) is 3.16. The van der Waals surface area contributed by atoms with E-state index >= 15 is 0 Å². The molecule has 0 amide bonds. The molecule has 0 aromatic carbocycles. The quantitative estimate of drug-likeness (QED) is 0.851. The van der Waals surface area contributed by atoms with Gasteiger partial charge in [0.1, 0.15) is 0 Å². The Bertz CT molecular complexity index is 778. The second-order valence-electron chi connectivity index (χ2n) is 6.33. The van der Waals surface area contributed by atoms with Crippen LogP contribution in [0.25, 0.3) is 11.7 Å². The van der Waals surface area contributed by atoms with Crippen LogP contribution in [-0.4, -0.2) is 36.0 Å². The molecule has 1 saturated heterocycles. The van der Waals surface area contributed by atoms with Crippen molar-refractivity contribution in [3.63, 3.8) is 0 Å². The smallest absolute Gasteiger partial charge is 0.283 e. The Balaban J connectivity index is 1.85. The molecule has 0 radical (unpaired) electrons. The molecule has 1 aliphatic heterocycles. The third-order valence-electron chi connectivity index (χ3n) is 3.94. The van der Waals surface area contributed by atoms with Gasteiger partial charge in [0.05, 0.1) is 0 Å². The van der Waals surface area contributed by atoms with E-state index in [9.17, 15) is 8.42 Å². The van der Waals surface area contributed by atoms with Crippen molar-refractivity contribution in [3.8, 4) is 11.7 Å². The summed E-state index contributed by atoms with van der Waals surface area (Å²) in [5, 5.41) is 7.76. The summed E-state index contributed by atoms with van der Waals surface area (Å²) in [6, 6.07) is 3.00. The summed E-state index contributed by atoms with van der Waals surface area (Å²) in [6.07, 6.45) is 1.92. The molecule has 2 aromatic heterocycles. The molecule has 1 fully saturated rings. The van der Waals surface area contributed by atoms with Crippen LogP contribution in [0.15, 0.2) is 26.1 Å². The zero-order valence-electron chi connectivity index (χ0n) is 13.5. The van der Waals surface area contributed by atoms with Crippen LogP contribution in [0.4, 0.5) is 0 Å². The second kappa shape index (κ2) is 6.09. The van der Waals surface area contributed by atoms with E-state index in [0.29, 0.717) is 24.9 Å². The lowest BCUT2D eigenvalue weighted by atomic mass is 10.0. The highest BCUT2D eigenvalue weighted by Gasteiger charge is 2.31. The molecule has 1 aliphatic rings. The summed E-state index contributed by atoms with van der Waals surface area (Å²) in [4.78, 5) is 0. The molecule has 1 unspecified atom stereocenters. The molecule has 0 bridgehead atoms. The molecule has 2 aromatic rings. The van der Waals surface area contributed by atoms with Crippen molar-refractivity contribution in [2.24, 2.45) is 5.92 Å². The molecule has 0 aliphatic carbocycles. The maximum absolute atomic E-state index is 12.7. The number of nitrogens with zero attached hydrogens (tertiary/aromatic N) is 3. The fraction of sp³-hybridized carbons (Fsp3) is 0.600. The predicted molar refractivity (Wildman–Crippen MR) is 83.2 cm³/mol. The third-order valence-corrected chi connectivity index (χ3v) is 5.68. The van der Waals surface area contributed by atoms with Crippen LogP contribution in [0.5, 0.6) is 0 Å². The van der Waals surface area contributed by atoms with Crippen molar-refractivity contribution >= 4 is 10.0 Å². The van der Waals surface area contributed by atoms with Crippen LogP contribution in [0.1, 0.15) is 45.4 Å². The topological polar surface area (TPSA) is 89.4 Å². The molecule has 0 spiro atoms. The molecule has 1 atom stereocenters. The van der Waals surface area contributed by atoms with Crippen LogP contribution in [0.3, 0.4) is 0 Å². The third kappa shape index (κ3) is 3.18. The Morgan fingerprint density at radius 3 is 2.70 bits per heavy atom. The highest BCUT2D eigenvalue weighted by molar-refractivity contribution is 7.89. The average molecular weight is 339 g/mol. The largest absolute Gasteiger partial charge is 0.438 e. The molecule has 3 heterocycles. The minimum atomic E-state index is -3.61. The molecule has 0 N–H and O–H groups in total. The molecular formula is C15H21N3O4S. The minimum Gasteiger partial charge on any atom is -0.438 e. The van der Waals surface area contributed by atoms with Crippen LogP contribution >= 0.6 is 0 Å². The van der Waals surface area contributed by atoms with Crippen LogP contribution in [-0.2, 0) is 10.0 Å². The Labute approximate surface area is 135 Å². The van der Waals surface area contributed by atoms with Crippen molar-refractivity contribution < 1.29 is 17.3 Å². The zero-order chi connectivity index (χ0) is 16.6. The van der Waals surface area contributed by atoms with E-state index < -0.39 is 10.0 Å². The van der Waals surface area contributed by atoms with Crippen molar-refractivity contribution in [2.45, 2.75) is 44.6 Å². The van der Waals surface area contributed by atoms with Crippen LogP contribution in [0.2, 0.25) is 0 Å². The Hall–Kier alpha value is -1.67. The van der Waals surface area contributed by atoms with Crippen molar-refractivity contribution in [2.75, 3.05) is 13.1 Å². The maximum Gasteiger partial charge on any atom is 0.283 e. The van der Waals surface area contributed by atoms with Crippen molar-refractivity contribution in [1.29, 1.82) is 0 Å². The first-order chi connectivity index (χ1) is 10.9. The fourth-order valence-corrected chi connectivity index (χ4v) is 4.14. The van der Waals surface area contributed by atoms with E-state index in [4.69, 9.17) is 8.83 Å². The van der Waals surface area contributed by atoms with E-state index in [0.717, 1.165) is 12.8 Å². The van der Waals surface area contributed by atoms with Gasteiger partial charge in [-0.15, -0.1) is 10.2 Å². The van der Waals surface area contributed by atoms with Crippen molar-refractivity contribution in [1.82, 2.24) is 14.5 Å². The van der Waals surface area contributed by atoms with E-state index in [-0.39, 0.29) is 22.7 Å². The van der Waals surface area contributed by atoms with Gasteiger partial charge in [-0.05, 0) is 30.9 Å². The summed E-state index contributed by atoms with van der Waals surface area (Å²) in [5.74, 6) is 1.42. The second-order valence-corrected chi connectivity index (χ2v) is 8.20. The first-order valence-corrected chi connectivity index (χ1v) is 9.25. The summed E-state index contributed by atoms with van der Waals surface area (Å²) >= 11 is 0. The number of hydrogen-bond acceptors (Lipinski definition) is 6. The standard InChI is InChI=1S/C15H21N3O4S/c1-10(2)14-16-17-15(22-14)12-6-7-13(21-12)23(19,20)18-8-4-5-11(3)9-18/h6-7,10-11H,4-5,8-9H2,1-3H3. The van der Waals surface area contributed by atoms with Gasteiger partial charge in [0, 0.05) is 19.0 Å². The van der Waals surface area contributed by atoms with E-state index in [1.54, 1.807) is 6.07 Å². The number of aromatic nitrogens is 2. The minimum absolute atomic E-state index is 0.0779. The van der Waals surface area contributed by atoms with Gasteiger partial charge in [-0.2, -0.15) is 4.31 Å². The summed E-state index contributed by atoms with van der Waals surface area (Å²) in [7, 11) is -3.61. The SMILES string of the molecule is CC1CCCN(S(=O)(=O)c2ccc(-c3nnc(C(C)C)o3)o2)C1. The van der Waals surface area contributed by atoms with Gasteiger partial charge in [0.2, 0.25) is 11.0 Å². The molecule has 23 heavy (non-hydrogen) atoms. The Morgan fingerprint density at radius 2 is 2.04 bits per heavy atom. The van der Waals surface area contributed by atoms with Gasteiger partial charge in [-0.25, -0.2) is 8.42 Å².